The molecule has 4 heteroatoms. The fraction of sp³-hybridized carbons (Fsp3) is 0.647. The van der Waals surface area contributed by atoms with Gasteiger partial charge < -0.3 is 10.2 Å². The van der Waals surface area contributed by atoms with Gasteiger partial charge in [-0.2, -0.15) is 0 Å². The van der Waals surface area contributed by atoms with Gasteiger partial charge in [0.05, 0.1) is 0 Å². The summed E-state index contributed by atoms with van der Waals surface area (Å²) >= 11 is 0. The van der Waals surface area contributed by atoms with Gasteiger partial charge in [-0.1, -0.05) is 13.3 Å². The molecule has 1 aromatic rings. The van der Waals surface area contributed by atoms with E-state index in [1.807, 2.05) is 12.1 Å². The van der Waals surface area contributed by atoms with Gasteiger partial charge in [-0.15, -0.1) is 0 Å². The van der Waals surface area contributed by atoms with Crippen LogP contribution in [-0.4, -0.2) is 34.9 Å². The molecular weight excluding hydrogens is 262 g/mol. The van der Waals surface area contributed by atoms with E-state index < -0.39 is 0 Å². The molecule has 1 aliphatic carbocycles. The summed E-state index contributed by atoms with van der Waals surface area (Å²) in [6, 6.07) is 4.29. The van der Waals surface area contributed by atoms with E-state index >= 15 is 0 Å². The van der Waals surface area contributed by atoms with Crippen molar-refractivity contribution in [2.24, 2.45) is 5.92 Å². The number of anilines is 1. The second-order valence-electron chi connectivity index (χ2n) is 6.26. The number of piperidine rings is 1. The molecule has 2 aliphatic rings. The van der Waals surface area contributed by atoms with Crippen molar-refractivity contribution >= 4 is 11.6 Å². The maximum atomic E-state index is 12.8. The zero-order valence-electron chi connectivity index (χ0n) is 12.8. The van der Waals surface area contributed by atoms with Gasteiger partial charge in [0.25, 0.3) is 5.91 Å². The van der Waals surface area contributed by atoms with Crippen LogP contribution in [0.4, 0.5) is 5.69 Å². The summed E-state index contributed by atoms with van der Waals surface area (Å²) in [7, 11) is 0. The standard InChI is InChI=1S/C17H25N3O/c1-2-9-18-14-8-10-19-15(12-14)17(21)20-11-4-6-13-5-3-7-16(13)20/h8,10,12-13,16H,2-7,9,11H2,1H3,(H,18,19). The molecule has 1 aliphatic heterocycles. The largest absolute Gasteiger partial charge is 0.385 e. The Labute approximate surface area is 126 Å². The van der Waals surface area contributed by atoms with Crippen molar-refractivity contribution < 1.29 is 4.79 Å². The minimum Gasteiger partial charge on any atom is -0.385 e. The Balaban J connectivity index is 1.74. The number of carbonyl (C=O) groups excluding carboxylic acids is 1. The maximum absolute atomic E-state index is 12.8. The fourth-order valence-electron chi connectivity index (χ4n) is 3.78. The average Bonchev–Trinajstić information content (AvgIpc) is 3.01. The molecule has 1 saturated carbocycles. The van der Waals surface area contributed by atoms with Gasteiger partial charge in [-0.25, -0.2) is 0 Å². The summed E-state index contributed by atoms with van der Waals surface area (Å²) in [5.74, 6) is 0.843. The Morgan fingerprint density at radius 2 is 2.24 bits per heavy atom. The number of hydrogen-bond donors (Lipinski definition) is 1. The normalized spacial score (nSPS) is 24.7. The van der Waals surface area contributed by atoms with Gasteiger partial charge in [0.15, 0.2) is 0 Å². The number of nitrogens with one attached hydrogen (secondary N) is 1. The molecule has 1 saturated heterocycles. The van der Waals surface area contributed by atoms with Gasteiger partial charge in [-0.3, -0.25) is 9.78 Å². The highest BCUT2D eigenvalue weighted by atomic mass is 16.2. The van der Waals surface area contributed by atoms with Crippen LogP contribution < -0.4 is 5.32 Å². The molecular formula is C17H25N3O. The summed E-state index contributed by atoms with van der Waals surface area (Å²) in [5, 5.41) is 3.33. The van der Waals surface area contributed by atoms with Gasteiger partial charge in [0.1, 0.15) is 5.69 Å². The number of fused-ring (bicyclic) bond motifs is 1. The molecule has 1 amide bonds. The Morgan fingerprint density at radius 3 is 3.10 bits per heavy atom. The molecule has 2 unspecified atom stereocenters. The predicted octanol–water partition coefficient (Wildman–Crippen LogP) is 3.31. The highest BCUT2D eigenvalue weighted by molar-refractivity contribution is 5.93. The molecule has 1 aromatic heterocycles. The lowest BCUT2D eigenvalue weighted by molar-refractivity contribution is 0.0542. The number of rotatable bonds is 4. The number of likely N-dealkylation sites (tertiary alicyclic amines) is 1. The van der Waals surface area contributed by atoms with Crippen molar-refractivity contribution in [1.82, 2.24) is 9.88 Å². The van der Waals surface area contributed by atoms with Gasteiger partial charge in [0, 0.05) is 31.0 Å². The Morgan fingerprint density at radius 1 is 1.38 bits per heavy atom. The number of hydrogen-bond acceptors (Lipinski definition) is 3. The van der Waals surface area contributed by atoms with Crippen LogP contribution in [0.3, 0.4) is 0 Å². The monoisotopic (exact) mass is 287 g/mol. The van der Waals surface area contributed by atoms with Crippen LogP contribution in [-0.2, 0) is 0 Å². The number of aromatic nitrogens is 1. The van der Waals surface area contributed by atoms with Crippen LogP contribution in [0.25, 0.3) is 0 Å². The first-order chi connectivity index (χ1) is 10.3. The molecule has 0 bridgehead atoms. The molecule has 0 radical (unpaired) electrons. The third-order valence-corrected chi connectivity index (χ3v) is 4.81. The van der Waals surface area contributed by atoms with Crippen LogP contribution in [0.2, 0.25) is 0 Å². The first-order valence-electron chi connectivity index (χ1n) is 8.30. The molecule has 0 spiro atoms. The van der Waals surface area contributed by atoms with Gasteiger partial charge in [0.2, 0.25) is 0 Å². The minimum atomic E-state index is 0.117. The molecule has 3 rings (SSSR count). The van der Waals surface area contributed by atoms with Crippen LogP contribution in [0.1, 0.15) is 55.9 Å². The fourth-order valence-corrected chi connectivity index (χ4v) is 3.78. The summed E-state index contributed by atoms with van der Waals surface area (Å²) in [5.41, 5.74) is 1.58. The lowest BCUT2D eigenvalue weighted by Gasteiger charge is -2.37. The second kappa shape index (κ2) is 6.46. The van der Waals surface area contributed by atoms with Gasteiger partial charge in [-0.05, 0) is 50.2 Å². The average molecular weight is 287 g/mol. The molecule has 114 valence electrons. The molecule has 0 aromatic carbocycles. The van der Waals surface area contributed by atoms with Crippen molar-refractivity contribution in [1.29, 1.82) is 0 Å². The third-order valence-electron chi connectivity index (χ3n) is 4.81. The SMILES string of the molecule is CCCNc1ccnc(C(=O)N2CCCC3CCCC32)c1. The highest BCUT2D eigenvalue weighted by Gasteiger charge is 2.37. The Hall–Kier alpha value is -1.58. The quantitative estimate of drug-likeness (QED) is 0.924. The molecule has 2 atom stereocenters. The molecule has 4 nitrogen and oxygen atoms in total. The van der Waals surface area contributed by atoms with E-state index in [4.69, 9.17) is 0 Å². The van der Waals surface area contributed by atoms with E-state index in [9.17, 15) is 4.79 Å². The summed E-state index contributed by atoms with van der Waals surface area (Å²) < 4.78 is 0. The van der Waals surface area contributed by atoms with Crippen LogP contribution in [0, 0.1) is 5.92 Å². The summed E-state index contributed by atoms with van der Waals surface area (Å²) in [6.45, 7) is 3.95. The van der Waals surface area contributed by atoms with E-state index in [-0.39, 0.29) is 5.91 Å². The van der Waals surface area contributed by atoms with Crippen molar-refractivity contribution in [3.8, 4) is 0 Å². The first-order valence-corrected chi connectivity index (χ1v) is 8.30. The first kappa shape index (κ1) is 14.4. The molecule has 21 heavy (non-hydrogen) atoms. The van der Waals surface area contributed by atoms with E-state index in [1.54, 1.807) is 6.20 Å². The lowest BCUT2D eigenvalue weighted by Crippen LogP contribution is -2.46. The smallest absolute Gasteiger partial charge is 0.272 e. The lowest BCUT2D eigenvalue weighted by atomic mass is 9.91. The van der Waals surface area contributed by atoms with Gasteiger partial charge >= 0.3 is 0 Å². The van der Waals surface area contributed by atoms with Crippen molar-refractivity contribution in [3.05, 3.63) is 24.0 Å². The highest BCUT2D eigenvalue weighted by Crippen LogP contribution is 2.37. The van der Waals surface area contributed by atoms with E-state index in [0.717, 1.165) is 37.5 Å². The van der Waals surface area contributed by atoms with Crippen LogP contribution >= 0.6 is 0 Å². The van der Waals surface area contributed by atoms with Crippen molar-refractivity contribution in [2.45, 2.75) is 51.5 Å². The van der Waals surface area contributed by atoms with E-state index in [2.05, 4.69) is 22.1 Å². The number of amides is 1. The van der Waals surface area contributed by atoms with Crippen LogP contribution in [0.5, 0.6) is 0 Å². The maximum Gasteiger partial charge on any atom is 0.272 e. The van der Waals surface area contributed by atoms with Crippen molar-refractivity contribution in [3.63, 3.8) is 0 Å². The van der Waals surface area contributed by atoms with Crippen molar-refractivity contribution in [2.75, 3.05) is 18.4 Å². The Kier molecular flexibility index (Phi) is 4.42. The molecule has 2 heterocycles. The molecule has 1 N–H and O–H groups in total. The molecule has 2 fully saturated rings. The van der Waals surface area contributed by atoms with E-state index in [1.165, 1.54) is 25.7 Å². The minimum absolute atomic E-state index is 0.117. The number of carbonyl (C=O) groups is 1. The number of nitrogens with zero attached hydrogens (tertiary/aromatic N) is 2. The summed E-state index contributed by atoms with van der Waals surface area (Å²) in [4.78, 5) is 19.2. The third kappa shape index (κ3) is 3.04. The predicted molar refractivity (Wildman–Crippen MR) is 84.4 cm³/mol. The topological polar surface area (TPSA) is 45.2 Å². The number of pyridine rings is 1. The zero-order chi connectivity index (χ0) is 14.7. The zero-order valence-corrected chi connectivity index (χ0v) is 12.8. The Bertz CT molecular complexity index is 503. The van der Waals surface area contributed by atoms with E-state index in [0.29, 0.717) is 11.7 Å². The van der Waals surface area contributed by atoms with Crippen LogP contribution in [0.15, 0.2) is 18.3 Å². The summed E-state index contributed by atoms with van der Waals surface area (Å²) in [6.07, 6.45) is 8.97. The second-order valence-corrected chi connectivity index (χ2v) is 6.26.